The molecule has 0 amide bonds. The second kappa shape index (κ2) is 6.20. The van der Waals surface area contributed by atoms with Crippen LogP contribution < -0.4 is 16.6 Å². The van der Waals surface area contributed by atoms with Crippen LogP contribution in [0.2, 0.25) is 0 Å². The van der Waals surface area contributed by atoms with Crippen LogP contribution in [0, 0.1) is 0 Å². The Hall–Kier alpha value is -1.30. The van der Waals surface area contributed by atoms with E-state index in [-0.39, 0.29) is 0 Å². The van der Waals surface area contributed by atoms with Gasteiger partial charge < -0.3 is 26.3 Å². The molecule has 0 aromatic heterocycles. The average molecular weight is 201 g/mol. The maximum Gasteiger partial charge on any atom is 0.190 e. The van der Waals surface area contributed by atoms with Crippen molar-refractivity contribution in [3.05, 3.63) is 0 Å². The molecule has 0 aromatic carbocycles. The van der Waals surface area contributed by atoms with E-state index in [4.69, 9.17) is 11.5 Å². The molecule has 0 aromatic rings. The van der Waals surface area contributed by atoms with Crippen molar-refractivity contribution < 1.29 is 9.90 Å². The summed E-state index contributed by atoms with van der Waals surface area (Å²) in [4.78, 5) is 15.9. The van der Waals surface area contributed by atoms with Crippen molar-refractivity contribution in [2.24, 2.45) is 16.5 Å². The Morgan fingerprint density at radius 2 is 2.14 bits per heavy atom. The van der Waals surface area contributed by atoms with Gasteiger partial charge >= 0.3 is 0 Å². The van der Waals surface area contributed by atoms with Crippen LogP contribution in [-0.2, 0) is 4.79 Å². The molecular weight excluding hydrogens is 184 g/mol. The molecule has 6 heteroatoms. The Morgan fingerprint density at radius 3 is 2.57 bits per heavy atom. The Bertz CT molecular complexity index is 215. The fourth-order valence-corrected chi connectivity index (χ4v) is 0.764. The van der Waals surface area contributed by atoms with Gasteiger partial charge in [-0.05, 0) is 12.8 Å². The van der Waals surface area contributed by atoms with Crippen LogP contribution >= 0.6 is 0 Å². The number of guanidine groups is 1. The van der Waals surface area contributed by atoms with Gasteiger partial charge in [-0.2, -0.15) is 0 Å². The van der Waals surface area contributed by atoms with Crippen molar-refractivity contribution >= 4 is 11.9 Å². The third-order valence-electron chi connectivity index (χ3n) is 1.71. The molecule has 14 heavy (non-hydrogen) atoms. The highest BCUT2D eigenvalue weighted by atomic mass is 16.4. The fraction of sp³-hybridized carbons (Fsp3) is 0.750. The maximum atomic E-state index is 10.2. The molecule has 1 unspecified atom stereocenters. The summed E-state index contributed by atoms with van der Waals surface area (Å²) in [5, 5.41) is 10.2. The zero-order valence-electron chi connectivity index (χ0n) is 8.56. The lowest BCUT2D eigenvalue weighted by molar-refractivity contribution is -0.307. The van der Waals surface area contributed by atoms with Crippen molar-refractivity contribution in [1.82, 2.24) is 4.90 Å². The molecule has 1 atom stereocenters. The molecule has 0 fully saturated rings. The fourth-order valence-electron chi connectivity index (χ4n) is 0.764. The van der Waals surface area contributed by atoms with Gasteiger partial charge in [0.15, 0.2) is 5.96 Å². The molecule has 0 aliphatic carbocycles. The zero-order valence-corrected chi connectivity index (χ0v) is 8.56. The zero-order chi connectivity index (χ0) is 11.1. The monoisotopic (exact) mass is 201 g/mol. The van der Waals surface area contributed by atoms with Gasteiger partial charge in [-0.25, -0.2) is 0 Å². The largest absolute Gasteiger partial charge is 0.548 e. The van der Waals surface area contributed by atoms with E-state index in [1.807, 2.05) is 0 Å². The van der Waals surface area contributed by atoms with Gasteiger partial charge in [0.05, 0.1) is 5.97 Å². The second-order valence-electron chi connectivity index (χ2n) is 3.20. The SMILES string of the molecule is CN(C)C(N)=NCCCC(N)C(=O)[O-]. The lowest BCUT2D eigenvalue weighted by atomic mass is 10.2. The van der Waals surface area contributed by atoms with Gasteiger partial charge in [0.1, 0.15) is 0 Å². The van der Waals surface area contributed by atoms with Crippen LogP contribution in [0.15, 0.2) is 4.99 Å². The first-order chi connectivity index (χ1) is 6.45. The molecule has 0 radical (unpaired) electrons. The number of carboxylic acid groups (broad SMARTS) is 1. The first-order valence-electron chi connectivity index (χ1n) is 4.39. The number of rotatable bonds is 5. The molecule has 0 rings (SSSR count). The number of nitrogens with zero attached hydrogens (tertiary/aromatic N) is 2. The summed E-state index contributed by atoms with van der Waals surface area (Å²) in [7, 11) is 3.57. The summed E-state index contributed by atoms with van der Waals surface area (Å²) in [5.41, 5.74) is 10.8. The van der Waals surface area contributed by atoms with Crippen molar-refractivity contribution in [3.63, 3.8) is 0 Å². The Morgan fingerprint density at radius 1 is 1.57 bits per heavy atom. The minimum Gasteiger partial charge on any atom is -0.548 e. The van der Waals surface area contributed by atoms with Crippen molar-refractivity contribution in [1.29, 1.82) is 0 Å². The standard InChI is InChI=1S/C8H18N4O2/c1-12(2)8(10)11-5-3-4-6(9)7(13)14/h6H,3-5,9H2,1-2H3,(H2,10,11)(H,13,14)/p-1. The minimum absolute atomic E-state index is 0.354. The molecule has 0 heterocycles. The molecule has 0 spiro atoms. The summed E-state index contributed by atoms with van der Waals surface area (Å²) in [6, 6.07) is -0.911. The van der Waals surface area contributed by atoms with Gasteiger partial charge in [-0.3, -0.25) is 4.99 Å². The smallest absolute Gasteiger partial charge is 0.190 e. The average Bonchev–Trinajstić information content (AvgIpc) is 2.11. The van der Waals surface area contributed by atoms with Crippen molar-refractivity contribution in [2.45, 2.75) is 18.9 Å². The quantitative estimate of drug-likeness (QED) is 0.296. The molecule has 0 aliphatic rings. The van der Waals surface area contributed by atoms with Crippen molar-refractivity contribution in [2.75, 3.05) is 20.6 Å². The predicted molar refractivity (Wildman–Crippen MR) is 52.4 cm³/mol. The van der Waals surface area contributed by atoms with E-state index in [9.17, 15) is 9.90 Å². The Kier molecular flexibility index (Phi) is 5.62. The van der Waals surface area contributed by atoms with Crippen LogP contribution in [-0.4, -0.2) is 43.5 Å². The van der Waals surface area contributed by atoms with Gasteiger partial charge in [0.25, 0.3) is 0 Å². The van der Waals surface area contributed by atoms with E-state index in [0.717, 1.165) is 0 Å². The lowest BCUT2D eigenvalue weighted by Gasteiger charge is -2.12. The third kappa shape index (κ3) is 5.36. The van der Waals surface area contributed by atoms with E-state index in [1.54, 1.807) is 19.0 Å². The Balaban J connectivity index is 3.66. The Labute approximate surface area is 83.6 Å². The summed E-state index contributed by atoms with van der Waals surface area (Å²) < 4.78 is 0. The van der Waals surface area contributed by atoms with E-state index in [0.29, 0.717) is 25.3 Å². The molecule has 0 saturated carbocycles. The first kappa shape index (κ1) is 12.7. The number of carbonyl (C=O) groups excluding carboxylic acids is 1. The van der Waals surface area contributed by atoms with Crippen LogP contribution in [0.25, 0.3) is 0 Å². The number of hydrogen-bond acceptors (Lipinski definition) is 4. The number of aliphatic carboxylic acids is 1. The van der Waals surface area contributed by atoms with Crippen LogP contribution in [0.4, 0.5) is 0 Å². The highest BCUT2D eigenvalue weighted by molar-refractivity contribution is 5.77. The summed E-state index contributed by atoms with van der Waals surface area (Å²) in [6.45, 7) is 0.477. The van der Waals surface area contributed by atoms with E-state index in [1.165, 1.54) is 0 Å². The van der Waals surface area contributed by atoms with Gasteiger partial charge in [-0.15, -0.1) is 0 Å². The van der Waals surface area contributed by atoms with E-state index >= 15 is 0 Å². The van der Waals surface area contributed by atoms with Crippen molar-refractivity contribution in [3.8, 4) is 0 Å². The van der Waals surface area contributed by atoms with Gasteiger partial charge in [0, 0.05) is 26.7 Å². The number of carboxylic acids is 1. The molecule has 6 nitrogen and oxygen atoms in total. The molecular formula is C8H17N4O2-. The summed E-state index contributed by atoms with van der Waals surface area (Å²) in [6.07, 6.45) is 0.941. The third-order valence-corrected chi connectivity index (χ3v) is 1.71. The molecule has 0 bridgehead atoms. The lowest BCUT2D eigenvalue weighted by Crippen LogP contribution is -2.41. The summed E-state index contributed by atoms with van der Waals surface area (Å²) in [5.74, 6) is -0.804. The predicted octanol–water partition coefficient (Wildman–Crippen LogP) is -2.28. The van der Waals surface area contributed by atoms with Crippen LogP contribution in [0.1, 0.15) is 12.8 Å². The molecule has 4 N–H and O–H groups in total. The van der Waals surface area contributed by atoms with E-state index < -0.39 is 12.0 Å². The highest BCUT2D eigenvalue weighted by Crippen LogP contribution is 1.94. The normalized spacial score (nSPS) is 13.8. The number of carbonyl (C=O) groups is 1. The molecule has 82 valence electrons. The molecule has 0 saturated heterocycles. The number of nitrogens with two attached hydrogens (primary N) is 2. The molecule has 0 aliphatic heterocycles. The summed E-state index contributed by atoms with van der Waals surface area (Å²) >= 11 is 0. The number of hydrogen-bond donors (Lipinski definition) is 2. The second-order valence-corrected chi connectivity index (χ2v) is 3.20. The first-order valence-corrected chi connectivity index (χ1v) is 4.39. The topological polar surface area (TPSA) is 108 Å². The van der Waals surface area contributed by atoms with Gasteiger partial charge in [-0.1, -0.05) is 0 Å². The minimum atomic E-state index is -1.23. The van der Waals surface area contributed by atoms with Crippen LogP contribution in [0.3, 0.4) is 0 Å². The van der Waals surface area contributed by atoms with Crippen LogP contribution in [0.5, 0.6) is 0 Å². The van der Waals surface area contributed by atoms with E-state index in [2.05, 4.69) is 4.99 Å². The van der Waals surface area contributed by atoms with Gasteiger partial charge in [0.2, 0.25) is 0 Å². The highest BCUT2D eigenvalue weighted by Gasteiger charge is 2.01. The number of aliphatic imine (C=N–C) groups is 1. The maximum absolute atomic E-state index is 10.2.